The molecule has 1 fully saturated rings. The summed E-state index contributed by atoms with van der Waals surface area (Å²) in [6.45, 7) is 12.5. The van der Waals surface area contributed by atoms with Gasteiger partial charge < -0.3 is 15.1 Å². The van der Waals surface area contributed by atoms with Crippen LogP contribution in [0.4, 0.5) is 5.69 Å². The molecule has 2 heterocycles. The van der Waals surface area contributed by atoms with Gasteiger partial charge in [0.25, 0.3) is 0 Å². The van der Waals surface area contributed by atoms with Crippen LogP contribution in [0, 0.1) is 19.8 Å². The van der Waals surface area contributed by atoms with Gasteiger partial charge in [-0.2, -0.15) is 0 Å². The summed E-state index contributed by atoms with van der Waals surface area (Å²) in [6.07, 6.45) is 3.94. The topological polar surface area (TPSA) is 19.7 Å². The Kier molecular flexibility index (Phi) is 7.89. The van der Waals surface area contributed by atoms with Crippen molar-refractivity contribution in [3.05, 3.63) is 51.7 Å². The number of nitrogens with one attached hydrogen (secondary N) is 2. The Labute approximate surface area is 179 Å². The molecule has 0 atom stereocenters. The van der Waals surface area contributed by atoms with E-state index in [2.05, 4.69) is 66.7 Å². The maximum absolute atomic E-state index is 5.80. The highest BCUT2D eigenvalue weighted by atomic mass is 32.1. The number of piperidine rings is 1. The third-order valence-electron chi connectivity index (χ3n) is 5.91. The first-order valence-electron chi connectivity index (χ1n) is 10.5. The first-order chi connectivity index (χ1) is 13.5. The van der Waals surface area contributed by atoms with Gasteiger partial charge in [-0.15, -0.1) is 11.3 Å². The van der Waals surface area contributed by atoms with Crippen molar-refractivity contribution in [1.82, 2.24) is 4.90 Å². The molecule has 1 aromatic carbocycles. The van der Waals surface area contributed by atoms with Crippen LogP contribution in [0.2, 0.25) is 0 Å². The van der Waals surface area contributed by atoms with Gasteiger partial charge in [-0.25, -0.2) is 0 Å². The fraction of sp³-hybridized carbons (Fsp3) is 0.522. The molecule has 28 heavy (non-hydrogen) atoms. The molecule has 3 rings (SSSR count). The first kappa shape index (κ1) is 21.3. The summed E-state index contributed by atoms with van der Waals surface area (Å²) in [7, 11) is 0. The lowest BCUT2D eigenvalue weighted by atomic mass is 9.99. The van der Waals surface area contributed by atoms with Gasteiger partial charge in [0.15, 0.2) is 5.11 Å². The first-order valence-corrected chi connectivity index (χ1v) is 11.8. The minimum Gasteiger partial charge on any atom is -0.344 e. The fourth-order valence-corrected chi connectivity index (χ4v) is 4.80. The van der Waals surface area contributed by atoms with Crippen LogP contribution in [0.5, 0.6) is 0 Å². The molecule has 0 saturated carbocycles. The van der Waals surface area contributed by atoms with Crippen molar-refractivity contribution in [1.29, 1.82) is 0 Å². The van der Waals surface area contributed by atoms with Crippen molar-refractivity contribution in [3.63, 3.8) is 0 Å². The number of benzene rings is 1. The summed E-state index contributed by atoms with van der Waals surface area (Å²) in [5.41, 5.74) is 3.69. The predicted molar refractivity (Wildman–Crippen MR) is 125 cm³/mol. The van der Waals surface area contributed by atoms with E-state index in [1.807, 2.05) is 0 Å². The van der Waals surface area contributed by atoms with E-state index in [4.69, 9.17) is 12.2 Å². The highest BCUT2D eigenvalue weighted by Gasteiger charge is 2.19. The average Bonchev–Trinajstić information content (AvgIpc) is 3.18. The number of hydrogen-bond donors (Lipinski definition) is 2. The Bertz CT molecular complexity index is 749. The minimum absolute atomic E-state index is 0.832. The second-order valence-electron chi connectivity index (χ2n) is 8.27. The largest absolute Gasteiger partial charge is 0.344 e. The van der Waals surface area contributed by atoms with Crippen LogP contribution in [-0.4, -0.2) is 36.2 Å². The summed E-state index contributed by atoms with van der Waals surface area (Å²) in [6, 6.07) is 10.8. The summed E-state index contributed by atoms with van der Waals surface area (Å²) >= 11 is 7.61. The molecule has 3 nitrogen and oxygen atoms in total. The number of thiophene rings is 1. The molecular weight excluding hydrogens is 382 g/mol. The molecule has 0 amide bonds. The smallest absolute Gasteiger partial charge is 0.173 e. The van der Waals surface area contributed by atoms with Gasteiger partial charge in [-0.1, -0.05) is 19.1 Å². The molecule has 1 aliphatic rings. The Balaban J connectivity index is 1.57. The number of rotatable bonds is 7. The Hall–Kier alpha value is -1.43. The third-order valence-corrected chi connectivity index (χ3v) is 7.13. The molecule has 1 aromatic heterocycles. The van der Waals surface area contributed by atoms with Gasteiger partial charge in [0.2, 0.25) is 0 Å². The van der Waals surface area contributed by atoms with E-state index in [-0.39, 0.29) is 0 Å². The van der Waals surface area contributed by atoms with Crippen LogP contribution >= 0.6 is 23.6 Å². The summed E-state index contributed by atoms with van der Waals surface area (Å²) in [5, 5.41) is 6.45. The second-order valence-corrected chi connectivity index (χ2v) is 9.69. The van der Waals surface area contributed by atoms with Gasteiger partial charge in [-0.05, 0) is 79.5 Å². The molecule has 0 radical (unpaired) electrons. The van der Waals surface area contributed by atoms with Crippen molar-refractivity contribution >= 4 is 34.4 Å². The van der Waals surface area contributed by atoms with E-state index in [1.165, 1.54) is 54.9 Å². The molecule has 0 unspecified atom stereocenters. The molecule has 1 aliphatic heterocycles. The van der Waals surface area contributed by atoms with Crippen LogP contribution in [0.3, 0.4) is 0 Å². The molecule has 5 heteroatoms. The number of likely N-dealkylation sites (tertiary alicyclic amines) is 1. The van der Waals surface area contributed by atoms with Gasteiger partial charge in [0.05, 0.1) is 26.2 Å². The van der Waals surface area contributed by atoms with Crippen molar-refractivity contribution in [3.8, 4) is 0 Å². The fourth-order valence-electron chi connectivity index (χ4n) is 3.81. The van der Waals surface area contributed by atoms with E-state index >= 15 is 0 Å². The van der Waals surface area contributed by atoms with Gasteiger partial charge in [-0.3, -0.25) is 0 Å². The third kappa shape index (κ3) is 6.29. The molecule has 1 saturated heterocycles. The zero-order valence-corrected chi connectivity index (χ0v) is 19.1. The Morgan fingerprint density at radius 2 is 2.00 bits per heavy atom. The lowest BCUT2D eigenvalue weighted by molar-refractivity contribution is -0.906. The summed E-state index contributed by atoms with van der Waals surface area (Å²) < 4.78 is 0. The van der Waals surface area contributed by atoms with E-state index in [0.717, 1.165) is 29.8 Å². The second kappa shape index (κ2) is 10.4. The Morgan fingerprint density at radius 1 is 1.21 bits per heavy atom. The molecule has 0 spiro atoms. The van der Waals surface area contributed by atoms with Crippen LogP contribution in [0.25, 0.3) is 0 Å². The lowest BCUT2D eigenvalue weighted by Gasteiger charge is -2.29. The summed E-state index contributed by atoms with van der Waals surface area (Å²) in [5.74, 6) is 0.911. The SMILES string of the molecule is Cc1ccc(NC(=S)N(CCC[NH+]2CCC(C)CC2)Cc2cccs2)cc1C. The number of anilines is 1. The minimum atomic E-state index is 0.832. The zero-order chi connectivity index (χ0) is 19.9. The predicted octanol–water partition coefficient (Wildman–Crippen LogP) is 4.27. The van der Waals surface area contributed by atoms with Gasteiger partial charge in [0.1, 0.15) is 0 Å². The summed E-state index contributed by atoms with van der Waals surface area (Å²) in [4.78, 5) is 5.47. The van der Waals surface area contributed by atoms with Crippen molar-refractivity contribution in [2.45, 2.75) is 46.6 Å². The van der Waals surface area contributed by atoms with E-state index in [0.29, 0.717) is 0 Å². The molecule has 0 bridgehead atoms. The van der Waals surface area contributed by atoms with E-state index < -0.39 is 0 Å². The average molecular weight is 417 g/mol. The molecular formula is C23H34N3S2+. The normalized spacial score (nSPS) is 19.4. The number of quaternary nitrogens is 1. The van der Waals surface area contributed by atoms with Crippen LogP contribution < -0.4 is 10.2 Å². The molecule has 2 aromatic rings. The van der Waals surface area contributed by atoms with Crippen molar-refractivity contribution < 1.29 is 4.90 Å². The molecule has 2 N–H and O–H groups in total. The van der Waals surface area contributed by atoms with Crippen molar-refractivity contribution in [2.75, 3.05) is 31.5 Å². The standard InChI is InChI=1S/C23H33N3S2/c1-18-9-13-25(14-10-18)11-5-12-26(17-22-6-4-15-28-22)23(27)24-21-8-7-19(2)20(3)16-21/h4,6-8,15-16,18H,5,9-14,17H2,1-3H3,(H,24,27)/p+1. The zero-order valence-electron chi connectivity index (χ0n) is 17.5. The Morgan fingerprint density at radius 3 is 2.68 bits per heavy atom. The lowest BCUT2D eigenvalue weighted by Crippen LogP contribution is -3.13. The van der Waals surface area contributed by atoms with Gasteiger partial charge >= 0.3 is 0 Å². The number of nitrogens with zero attached hydrogens (tertiary/aromatic N) is 1. The maximum Gasteiger partial charge on any atom is 0.173 e. The number of hydrogen-bond acceptors (Lipinski definition) is 2. The van der Waals surface area contributed by atoms with Crippen LogP contribution in [0.15, 0.2) is 35.7 Å². The highest BCUT2D eigenvalue weighted by molar-refractivity contribution is 7.80. The molecule has 152 valence electrons. The quantitative estimate of drug-likeness (QED) is 0.658. The highest BCUT2D eigenvalue weighted by Crippen LogP contribution is 2.17. The monoisotopic (exact) mass is 416 g/mol. The number of aryl methyl sites for hydroxylation is 2. The molecule has 0 aliphatic carbocycles. The number of thiocarbonyl (C=S) groups is 1. The van der Waals surface area contributed by atoms with Gasteiger partial charge in [0, 0.05) is 23.5 Å². The van der Waals surface area contributed by atoms with E-state index in [1.54, 1.807) is 16.2 Å². The van der Waals surface area contributed by atoms with E-state index in [9.17, 15) is 0 Å². The van der Waals surface area contributed by atoms with Crippen molar-refractivity contribution in [2.24, 2.45) is 5.92 Å². The van der Waals surface area contributed by atoms with Crippen LogP contribution in [0.1, 0.15) is 42.2 Å². The van der Waals surface area contributed by atoms with Crippen LogP contribution in [-0.2, 0) is 6.54 Å². The maximum atomic E-state index is 5.80.